The normalized spacial score (nSPS) is 14.8. The predicted octanol–water partition coefficient (Wildman–Crippen LogP) is 1.72. The lowest BCUT2D eigenvalue weighted by molar-refractivity contribution is 0.0737. The highest BCUT2D eigenvalue weighted by atomic mass is 16.3. The molecular weight excluding hydrogens is 178 g/mol. The maximum absolute atomic E-state index is 9.71. The summed E-state index contributed by atoms with van der Waals surface area (Å²) in [7, 11) is 0. The lowest BCUT2D eigenvalue weighted by Crippen LogP contribution is -2.16. The van der Waals surface area contributed by atoms with Gasteiger partial charge in [0, 0.05) is 0 Å². The molecule has 0 aromatic carbocycles. The summed E-state index contributed by atoms with van der Waals surface area (Å²) < 4.78 is 1.80. The molecular formula is C10H19N3O. The van der Waals surface area contributed by atoms with E-state index in [1.54, 1.807) is 18.5 Å². The standard InChI is InChI=1S/C10H19N3O/c1-7(2)8(3)13-6-9(11-12-13)10(4,5)14/h6-8,14H,1-5H3. The Morgan fingerprint density at radius 3 is 2.29 bits per heavy atom. The summed E-state index contributed by atoms with van der Waals surface area (Å²) in [6, 6.07) is 0.304. The molecule has 0 saturated carbocycles. The van der Waals surface area contributed by atoms with E-state index < -0.39 is 5.60 Å². The van der Waals surface area contributed by atoms with Crippen LogP contribution in [0.3, 0.4) is 0 Å². The Labute approximate surface area is 84.9 Å². The van der Waals surface area contributed by atoms with E-state index in [-0.39, 0.29) is 0 Å². The van der Waals surface area contributed by atoms with Crippen molar-refractivity contribution in [1.82, 2.24) is 15.0 Å². The molecule has 4 heteroatoms. The second-order valence-corrected chi connectivity index (χ2v) is 4.63. The van der Waals surface area contributed by atoms with E-state index >= 15 is 0 Å². The van der Waals surface area contributed by atoms with Crippen molar-refractivity contribution in [3.8, 4) is 0 Å². The molecule has 0 spiro atoms. The molecule has 80 valence electrons. The highest BCUT2D eigenvalue weighted by molar-refractivity contribution is 5.03. The first kappa shape index (κ1) is 11.2. The number of nitrogens with zero attached hydrogens (tertiary/aromatic N) is 3. The lowest BCUT2D eigenvalue weighted by Gasteiger charge is -2.15. The van der Waals surface area contributed by atoms with Crippen LogP contribution < -0.4 is 0 Å². The van der Waals surface area contributed by atoms with Gasteiger partial charge in [-0.1, -0.05) is 19.1 Å². The third-order valence-corrected chi connectivity index (χ3v) is 2.52. The summed E-state index contributed by atoms with van der Waals surface area (Å²) >= 11 is 0. The van der Waals surface area contributed by atoms with Crippen LogP contribution in [0.5, 0.6) is 0 Å². The van der Waals surface area contributed by atoms with E-state index in [1.165, 1.54) is 0 Å². The van der Waals surface area contributed by atoms with Crippen LogP contribution in [0.2, 0.25) is 0 Å². The lowest BCUT2D eigenvalue weighted by atomic mass is 10.1. The van der Waals surface area contributed by atoms with Gasteiger partial charge in [-0.3, -0.25) is 0 Å². The first-order valence-electron chi connectivity index (χ1n) is 4.97. The molecule has 0 amide bonds. The van der Waals surface area contributed by atoms with Gasteiger partial charge in [0.2, 0.25) is 0 Å². The minimum Gasteiger partial charge on any atom is -0.384 e. The molecule has 1 unspecified atom stereocenters. The smallest absolute Gasteiger partial charge is 0.114 e. The predicted molar refractivity (Wildman–Crippen MR) is 54.8 cm³/mol. The quantitative estimate of drug-likeness (QED) is 0.802. The Morgan fingerprint density at radius 2 is 1.93 bits per heavy atom. The molecule has 1 N–H and O–H groups in total. The summed E-state index contributed by atoms with van der Waals surface area (Å²) in [6.45, 7) is 9.78. The molecule has 14 heavy (non-hydrogen) atoms. The Kier molecular flexibility index (Phi) is 2.95. The van der Waals surface area contributed by atoms with E-state index in [4.69, 9.17) is 0 Å². The van der Waals surface area contributed by atoms with Crippen molar-refractivity contribution in [2.75, 3.05) is 0 Å². The summed E-state index contributed by atoms with van der Waals surface area (Å²) in [5, 5.41) is 17.7. The molecule has 1 atom stereocenters. The maximum Gasteiger partial charge on any atom is 0.114 e. The highest BCUT2D eigenvalue weighted by Crippen LogP contribution is 2.20. The van der Waals surface area contributed by atoms with E-state index in [0.717, 1.165) is 0 Å². The summed E-state index contributed by atoms with van der Waals surface area (Å²) in [5.41, 5.74) is -0.292. The molecule has 0 aliphatic rings. The average Bonchev–Trinajstić information content (AvgIpc) is 2.49. The maximum atomic E-state index is 9.71. The topological polar surface area (TPSA) is 50.9 Å². The second-order valence-electron chi connectivity index (χ2n) is 4.63. The van der Waals surface area contributed by atoms with Crippen LogP contribution in [0.25, 0.3) is 0 Å². The second kappa shape index (κ2) is 3.69. The number of hydrogen-bond donors (Lipinski definition) is 1. The fraction of sp³-hybridized carbons (Fsp3) is 0.800. The molecule has 0 saturated heterocycles. The van der Waals surface area contributed by atoms with Crippen molar-refractivity contribution in [3.63, 3.8) is 0 Å². The van der Waals surface area contributed by atoms with Gasteiger partial charge in [0.25, 0.3) is 0 Å². The molecule has 0 aliphatic carbocycles. The number of aromatic nitrogens is 3. The van der Waals surface area contributed by atoms with Gasteiger partial charge in [0.05, 0.1) is 12.2 Å². The minimum absolute atomic E-state index is 0.304. The average molecular weight is 197 g/mol. The van der Waals surface area contributed by atoms with Gasteiger partial charge < -0.3 is 5.11 Å². The molecule has 4 nitrogen and oxygen atoms in total. The zero-order chi connectivity index (χ0) is 10.9. The number of rotatable bonds is 3. The highest BCUT2D eigenvalue weighted by Gasteiger charge is 2.21. The molecule has 0 radical (unpaired) electrons. The monoisotopic (exact) mass is 197 g/mol. The molecule has 0 fully saturated rings. The molecule has 1 aromatic heterocycles. The van der Waals surface area contributed by atoms with Gasteiger partial charge in [-0.2, -0.15) is 0 Å². The molecule has 1 rings (SSSR count). The summed E-state index contributed by atoms with van der Waals surface area (Å²) in [5.74, 6) is 0.506. The largest absolute Gasteiger partial charge is 0.384 e. The van der Waals surface area contributed by atoms with Gasteiger partial charge in [-0.25, -0.2) is 4.68 Å². The van der Waals surface area contributed by atoms with Crippen molar-refractivity contribution in [1.29, 1.82) is 0 Å². The van der Waals surface area contributed by atoms with Gasteiger partial charge in [-0.05, 0) is 26.7 Å². The van der Waals surface area contributed by atoms with Gasteiger partial charge in [0.15, 0.2) is 0 Å². The van der Waals surface area contributed by atoms with Crippen molar-refractivity contribution in [2.45, 2.75) is 46.3 Å². The van der Waals surface area contributed by atoms with Crippen molar-refractivity contribution < 1.29 is 5.11 Å². The van der Waals surface area contributed by atoms with Gasteiger partial charge in [-0.15, -0.1) is 5.10 Å². The number of aliphatic hydroxyl groups is 1. The van der Waals surface area contributed by atoms with Crippen molar-refractivity contribution >= 4 is 0 Å². The van der Waals surface area contributed by atoms with E-state index in [9.17, 15) is 5.11 Å². The van der Waals surface area contributed by atoms with Crippen molar-refractivity contribution in [2.24, 2.45) is 5.92 Å². The Morgan fingerprint density at radius 1 is 1.36 bits per heavy atom. The molecule has 0 aliphatic heterocycles. The minimum atomic E-state index is -0.908. The third-order valence-electron chi connectivity index (χ3n) is 2.52. The Hall–Kier alpha value is -0.900. The molecule has 1 heterocycles. The van der Waals surface area contributed by atoms with Gasteiger partial charge >= 0.3 is 0 Å². The fourth-order valence-electron chi connectivity index (χ4n) is 1.06. The first-order chi connectivity index (χ1) is 6.32. The van der Waals surface area contributed by atoms with Crippen LogP contribution in [0.4, 0.5) is 0 Å². The van der Waals surface area contributed by atoms with Crippen LogP contribution in [-0.4, -0.2) is 20.1 Å². The van der Waals surface area contributed by atoms with Crippen LogP contribution >= 0.6 is 0 Å². The van der Waals surface area contributed by atoms with Crippen LogP contribution in [0.1, 0.15) is 46.4 Å². The summed E-state index contributed by atoms with van der Waals surface area (Å²) in [4.78, 5) is 0. The SMILES string of the molecule is CC(C)C(C)n1cc(C(C)(C)O)nn1. The molecule has 1 aromatic rings. The zero-order valence-corrected chi connectivity index (χ0v) is 9.52. The fourth-order valence-corrected chi connectivity index (χ4v) is 1.06. The third kappa shape index (κ3) is 2.32. The Bertz CT molecular complexity index is 299. The summed E-state index contributed by atoms with van der Waals surface area (Å²) in [6.07, 6.45) is 1.81. The first-order valence-corrected chi connectivity index (χ1v) is 4.97. The van der Waals surface area contributed by atoms with Crippen LogP contribution in [0, 0.1) is 5.92 Å². The zero-order valence-electron chi connectivity index (χ0n) is 9.52. The van der Waals surface area contributed by atoms with Crippen LogP contribution in [0.15, 0.2) is 6.20 Å². The van der Waals surface area contributed by atoms with Crippen molar-refractivity contribution in [3.05, 3.63) is 11.9 Å². The number of hydrogen-bond acceptors (Lipinski definition) is 3. The van der Waals surface area contributed by atoms with E-state index in [0.29, 0.717) is 17.7 Å². The molecule has 0 bridgehead atoms. The van der Waals surface area contributed by atoms with Gasteiger partial charge in [0.1, 0.15) is 11.3 Å². The van der Waals surface area contributed by atoms with E-state index in [1.807, 2.05) is 6.20 Å². The van der Waals surface area contributed by atoms with Crippen LogP contribution in [-0.2, 0) is 5.60 Å². The Balaban J connectivity index is 2.89. The van der Waals surface area contributed by atoms with E-state index in [2.05, 4.69) is 31.1 Å².